The van der Waals surface area contributed by atoms with Crippen molar-refractivity contribution < 1.29 is 0 Å². The molecule has 0 aliphatic heterocycles. The van der Waals surface area contributed by atoms with Crippen LogP contribution in [-0.4, -0.2) is 22.1 Å². The third-order valence-corrected chi connectivity index (χ3v) is 4.74. The monoisotopic (exact) mass is 281 g/mol. The summed E-state index contributed by atoms with van der Waals surface area (Å²) in [5, 5.41) is 3.81. The minimum atomic E-state index is 0.786. The fourth-order valence-corrected chi connectivity index (χ4v) is 3.32. The lowest BCUT2D eigenvalue weighted by Crippen LogP contribution is -2.35. The van der Waals surface area contributed by atoms with Crippen LogP contribution in [0.25, 0.3) is 11.4 Å². The molecule has 1 aromatic heterocycles. The Morgan fingerprint density at radius 3 is 2.48 bits per heavy atom. The van der Waals surface area contributed by atoms with E-state index in [1.54, 1.807) is 0 Å². The van der Waals surface area contributed by atoms with Gasteiger partial charge in [0.2, 0.25) is 0 Å². The smallest absolute Gasteiger partial charge is 0.139 e. The average Bonchev–Trinajstić information content (AvgIpc) is 3.44. The van der Waals surface area contributed by atoms with Gasteiger partial charge in [0.15, 0.2) is 0 Å². The van der Waals surface area contributed by atoms with Crippen LogP contribution in [0.3, 0.4) is 0 Å². The number of aromatic nitrogens is 2. The van der Waals surface area contributed by atoms with E-state index in [0.717, 1.165) is 36.8 Å². The van der Waals surface area contributed by atoms with Crippen LogP contribution in [0, 0.1) is 11.8 Å². The van der Waals surface area contributed by atoms with Gasteiger partial charge >= 0.3 is 0 Å². The number of imidazole rings is 1. The minimum absolute atomic E-state index is 0.786. The number of benzene rings is 1. The number of rotatable bonds is 7. The molecule has 4 rings (SSSR count). The van der Waals surface area contributed by atoms with E-state index in [0.29, 0.717) is 0 Å². The van der Waals surface area contributed by atoms with E-state index >= 15 is 0 Å². The maximum absolute atomic E-state index is 4.51. The molecule has 3 nitrogen and oxygen atoms in total. The Morgan fingerprint density at radius 1 is 1.10 bits per heavy atom. The van der Waals surface area contributed by atoms with E-state index in [-0.39, 0.29) is 0 Å². The molecule has 2 aliphatic carbocycles. The summed E-state index contributed by atoms with van der Waals surface area (Å²) in [6, 6.07) is 11.2. The van der Waals surface area contributed by atoms with Gasteiger partial charge in [-0.15, -0.1) is 0 Å². The summed E-state index contributed by atoms with van der Waals surface area (Å²) in [6.07, 6.45) is 9.75. The van der Waals surface area contributed by atoms with E-state index in [9.17, 15) is 0 Å². The fourth-order valence-electron chi connectivity index (χ4n) is 3.32. The Balaban J connectivity index is 1.38. The second-order valence-electron chi connectivity index (χ2n) is 6.47. The van der Waals surface area contributed by atoms with Gasteiger partial charge in [-0.3, -0.25) is 0 Å². The predicted molar refractivity (Wildman–Crippen MR) is 84.9 cm³/mol. The van der Waals surface area contributed by atoms with Gasteiger partial charge in [-0.2, -0.15) is 0 Å². The Labute approximate surface area is 126 Å². The topological polar surface area (TPSA) is 29.9 Å². The maximum Gasteiger partial charge on any atom is 0.139 e. The molecule has 1 N–H and O–H groups in total. The quantitative estimate of drug-likeness (QED) is 0.843. The molecule has 110 valence electrons. The Kier molecular flexibility index (Phi) is 3.52. The summed E-state index contributed by atoms with van der Waals surface area (Å²) in [6.45, 7) is 2.05. The fraction of sp³-hybridized carbons (Fsp3) is 0.500. The van der Waals surface area contributed by atoms with E-state index in [1.807, 2.05) is 12.3 Å². The number of nitrogens with zero attached hydrogens (tertiary/aromatic N) is 2. The van der Waals surface area contributed by atoms with Crippen LogP contribution in [0.15, 0.2) is 42.7 Å². The molecule has 0 spiro atoms. The van der Waals surface area contributed by atoms with Crippen molar-refractivity contribution in [2.24, 2.45) is 11.8 Å². The lowest BCUT2D eigenvalue weighted by Gasteiger charge is -2.18. The zero-order valence-electron chi connectivity index (χ0n) is 12.4. The Morgan fingerprint density at radius 2 is 1.81 bits per heavy atom. The minimum Gasteiger partial charge on any atom is -0.330 e. The molecule has 3 heteroatoms. The number of hydrogen-bond acceptors (Lipinski definition) is 2. The van der Waals surface area contributed by atoms with Crippen molar-refractivity contribution in [2.75, 3.05) is 6.54 Å². The highest BCUT2D eigenvalue weighted by molar-refractivity contribution is 5.55. The van der Waals surface area contributed by atoms with Crippen LogP contribution < -0.4 is 5.32 Å². The van der Waals surface area contributed by atoms with Crippen LogP contribution in [0.2, 0.25) is 0 Å². The van der Waals surface area contributed by atoms with E-state index in [1.165, 1.54) is 31.2 Å². The van der Waals surface area contributed by atoms with Crippen LogP contribution in [0.1, 0.15) is 25.7 Å². The number of hydrogen-bond donors (Lipinski definition) is 1. The lowest BCUT2D eigenvalue weighted by molar-refractivity contribution is 0.407. The Bertz CT molecular complexity index is 570. The number of nitrogens with one attached hydrogen (secondary N) is 1. The largest absolute Gasteiger partial charge is 0.330 e. The molecular weight excluding hydrogens is 258 g/mol. The molecule has 1 aromatic carbocycles. The summed E-state index contributed by atoms with van der Waals surface area (Å²) in [5.74, 6) is 3.01. The van der Waals surface area contributed by atoms with E-state index < -0.39 is 0 Å². The zero-order valence-corrected chi connectivity index (χ0v) is 12.4. The highest BCUT2D eigenvalue weighted by atomic mass is 15.1. The third kappa shape index (κ3) is 3.03. The van der Waals surface area contributed by atoms with Crippen molar-refractivity contribution in [3.8, 4) is 11.4 Å². The van der Waals surface area contributed by atoms with Crippen molar-refractivity contribution in [1.82, 2.24) is 14.9 Å². The lowest BCUT2D eigenvalue weighted by atomic mass is 10.1. The van der Waals surface area contributed by atoms with Crippen LogP contribution in [0.4, 0.5) is 0 Å². The standard InChI is InChI=1S/C18H23N3/c1-2-4-16(5-3-1)18-20-11-13-21(18)12-10-19-17(14-6-7-14)15-8-9-15/h1-5,11,13-15,17,19H,6-10,12H2. The molecule has 2 saturated carbocycles. The van der Waals surface area contributed by atoms with Gasteiger partial charge in [-0.05, 0) is 37.5 Å². The molecule has 0 amide bonds. The molecule has 2 aromatic rings. The molecule has 0 bridgehead atoms. The van der Waals surface area contributed by atoms with Crippen LogP contribution >= 0.6 is 0 Å². The summed E-state index contributed by atoms with van der Waals surface area (Å²) in [5.41, 5.74) is 1.20. The highest BCUT2D eigenvalue weighted by Gasteiger charge is 2.40. The van der Waals surface area contributed by atoms with Gasteiger partial charge in [0.1, 0.15) is 5.82 Å². The van der Waals surface area contributed by atoms with Gasteiger partial charge < -0.3 is 9.88 Å². The van der Waals surface area contributed by atoms with Gasteiger partial charge in [0.05, 0.1) is 0 Å². The van der Waals surface area contributed by atoms with Crippen molar-refractivity contribution in [1.29, 1.82) is 0 Å². The van der Waals surface area contributed by atoms with Gasteiger partial charge in [0.25, 0.3) is 0 Å². The molecule has 0 unspecified atom stereocenters. The van der Waals surface area contributed by atoms with Crippen molar-refractivity contribution in [3.05, 3.63) is 42.7 Å². The van der Waals surface area contributed by atoms with Crippen molar-refractivity contribution in [3.63, 3.8) is 0 Å². The van der Waals surface area contributed by atoms with Gasteiger partial charge in [-0.1, -0.05) is 30.3 Å². The molecule has 21 heavy (non-hydrogen) atoms. The normalized spacial score (nSPS) is 18.3. The first-order chi connectivity index (χ1) is 10.4. The van der Waals surface area contributed by atoms with Gasteiger partial charge in [-0.25, -0.2) is 4.98 Å². The molecule has 0 saturated heterocycles. The van der Waals surface area contributed by atoms with Crippen molar-refractivity contribution in [2.45, 2.75) is 38.3 Å². The predicted octanol–water partition coefficient (Wildman–Crippen LogP) is 3.33. The van der Waals surface area contributed by atoms with Crippen LogP contribution in [0.5, 0.6) is 0 Å². The summed E-state index contributed by atoms with van der Waals surface area (Å²) in [7, 11) is 0. The van der Waals surface area contributed by atoms with Crippen LogP contribution in [-0.2, 0) is 6.54 Å². The maximum atomic E-state index is 4.51. The molecule has 1 heterocycles. The van der Waals surface area contributed by atoms with E-state index in [2.05, 4.69) is 45.3 Å². The van der Waals surface area contributed by atoms with Gasteiger partial charge in [0, 0.05) is 37.1 Å². The first-order valence-electron chi connectivity index (χ1n) is 8.22. The first kappa shape index (κ1) is 13.1. The average molecular weight is 281 g/mol. The second kappa shape index (κ2) is 5.64. The highest BCUT2D eigenvalue weighted by Crippen LogP contribution is 2.44. The summed E-state index contributed by atoms with van der Waals surface area (Å²) >= 11 is 0. The summed E-state index contributed by atoms with van der Waals surface area (Å²) in [4.78, 5) is 4.51. The molecular formula is C18H23N3. The zero-order chi connectivity index (χ0) is 14.1. The first-order valence-corrected chi connectivity index (χ1v) is 8.22. The summed E-state index contributed by atoms with van der Waals surface area (Å²) < 4.78 is 2.26. The SMILES string of the molecule is c1ccc(-c2nccn2CCNC(C2CC2)C2CC2)cc1. The Hall–Kier alpha value is -1.61. The second-order valence-corrected chi connectivity index (χ2v) is 6.47. The molecule has 2 fully saturated rings. The third-order valence-electron chi connectivity index (χ3n) is 4.74. The molecule has 2 aliphatic rings. The molecule has 0 atom stereocenters. The molecule has 0 radical (unpaired) electrons. The van der Waals surface area contributed by atoms with E-state index in [4.69, 9.17) is 0 Å². The van der Waals surface area contributed by atoms with Crippen molar-refractivity contribution >= 4 is 0 Å².